The van der Waals surface area contributed by atoms with Crippen LogP contribution in [0.5, 0.6) is 5.75 Å². The predicted octanol–water partition coefficient (Wildman–Crippen LogP) is 1.06. The number of nitrogens with one attached hydrogen (secondary N) is 1. The number of carbonyl (C=O) groups is 3. The van der Waals surface area contributed by atoms with Crippen LogP contribution in [0.4, 0.5) is 0 Å². The molecule has 2 amide bonds. The Hall–Kier alpha value is -3.68. The Morgan fingerprint density at radius 3 is 2.43 bits per heavy atom. The Kier molecular flexibility index (Phi) is 6.79. The molecule has 0 unspecified atom stereocenters. The molecule has 0 aromatic heterocycles. The summed E-state index contributed by atoms with van der Waals surface area (Å²) >= 11 is 0. The number of rotatable bonds is 6. The van der Waals surface area contributed by atoms with E-state index in [1.54, 1.807) is 48.4 Å². The van der Waals surface area contributed by atoms with Crippen LogP contribution >= 0.6 is 0 Å². The van der Waals surface area contributed by atoms with E-state index < -0.39 is 5.97 Å². The highest BCUT2D eigenvalue weighted by molar-refractivity contribution is 5.95. The fourth-order valence-electron chi connectivity index (χ4n) is 3.25. The van der Waals surface area contributed by atoms with Gasteiger partial charge in [0.25, 0.3) is 5.91 Å². The minimum Gasteiger partial charge on any atom is -0.545 e. The molecule has 0 atom stereocenters. The Bertz CT molecular complexity index is 948. The summed E-state index contributed by atoms with van der Waals surface area (Å²) in [6.45, 7) is 0.977. The van der Waals surface area contributed by atoms with Crippen LogP contribution in [0, 0.1) is 5.92 Å². The number of hydrogen-bond donors (Lipinski definition) is 1. The molecule has 1 saturated heterocycles. The molecule has 0 bridgehead atoms. The molecule has 0 aliphatic carbocycles. The molecule has 0 saturated carbocycles. The molecule has 0 spiro atoms. The van der Waals surface area contributed by atoms with E-state index in [9.17, 15) is 19.5 Å². The maximum absolute atomic E-state index is 12.6. The molecule has 3 rings (SSSR count). The van der Waals surface area contributed by atoms with Crippen LogP contribution in [0.3, 0.4) is 0 Å². The Morgan fingerprint density at radius 2 is 1.80 bits per heavy atom. The number of ether oxygens (including phenoxy) is 1. The zero-order chi connectivity index (χ0) is 21.5. The maximum atomic E-state index is 12.6. The Labute approximate surface area is 174 Å². The Balaban J connectivity index is 1.48. The molecule has 1 aliphatic heterocycles. The second-order valence-corrected chi connectivity index (χ2v) is 6.94. The molecule has 1 N–H and O–H groups in total. The number of methoxy groups -OCH3 is 1. The van der Waals surface area contributed by atoms with Crippen molar-refractivity contribution in [2.24, 2.45) is 11.0 Å². The van der Waals surface area contributed by atoms with Gasteiger partial charge < -0.3 is 19.5 Å². The lowest BCUT2D eigenvalue weighted by Crippen LogP contribution is -2.42. The van der Waals surface area contributed by atoms with Gasteiger partial charge in [0, 0.05) is 24.6 Å². The van der Waals surface area contributed by atoms with E-state index in [4.69, 9.17) is 4.74 Å². The molecular formula is C22H22N3O5-. The van der Waals surface area contributed by atoms with Gasteiger partial charge in [0.05, 0.1) is 19.3 Å². The van der Waals surface area contributed by atoms with Crippen LogP contribution in [0.25, 0.3) is 0 Å². The minimum atomic E-state index is -1.25. The number of likely N-dealkylation sites (tertiary alicyclic amines) is 1. The monoisotopic (exact) mass is 408 g/mol. The zero-order valence-corrected chi connectivity index (χ0v) is 16.5. The number of carboxylic acids is 1. The van der Waals surface area contributed by atoms with E-state index in [1.165, 1.54) is 18.3 Å². The van der Waals surface area contributed by atoms with Crippen molar-refractivity contribution < 1.29 is 24.2 Å². The van der Waals surface area contributed by atoms with Gasteiger partial charge in [-0.2, -0.15) is 5.10 Å². The number of amides is 2. The van der Waals surface area contributed by atoms with Gasteiger partial charge in [0.2, 0.25) is 5.91 Å². The lowest BCUT2D eigenvalue weighted by atomic mass is 9.95. The van der Waals surface area contributed by atoms with Gasteiger partial charge in [-0.3, -0.25) is 9.59 Å². The summed E-state index contributed by atoms with van der Waals surface area (Å²) in [6, 6.07) is 13.0. The lowest BCUT2D eigenvalue weighted by molar-refractivity contribution is -0.255. The third kappa shape index (κ3) is 5.22. The van der Waals surface area contributed by atoms with Crippen molar-refractivity contribution in [1.82, 2.24) is 10.3 Å². The van der Waals surface area contributed by atoms with Crippen LogP contribution in [-0.4, -0.2) is 49.1 Å². The lowest BCUT2D eigenvalue weighted by Gasteiger charge is -2.31. The summed E-state index contributed by atoms with van der Waals surface area (Å²) in [7, 11) is 1.55. The summed E-state index contributed by atoms with van der Waals surface area (Å²) in [5, 5.41) is 14.7. The first kappa shape index (κ1) is 21.0. The second kappa shape index (κ2) is 9.69. The zero-order valence-electron chi connectivity index (χ0n) is 16.5. The first-order valence-corrected chi connectivity index (χ1v) is 9.55. The van der Waals surface area contributed by atoms with Crippen molar-refractivity contribution in [2.45, 2.75) is 12.8 Å². The second-order valence-electron chi connectivity index (χ2n) is 6.94. The van der Waals surface area contributed by atoms with Gasteiger partial charge in [-0.05, 0) is 42.2 Å². The van der Waals surface area contributed by atoms with Crippen LogP contribution in [0.15, 0.2) is 53.6 Å². The molecule has 2 aromatic carbocycles. The average molecular weight is 408 g/mol. The molecule has 30 heavy (non-hydrogen) atoms. The molecular weight excluding hydrogens is 386 g/mol. The van der Waals surface area contributed by atoms with Gasteiger partial charge in [-0.25, -0.2) is 5.43 Å². The topological polar surface area (TPSA) is 111 Å². The smallest absolute Gasteiger partial charge is 0.253 e. The predicted molar refractivity (Wildman–Crippen MR) is 108 cm³/mol. The van der Waals surface area contributed by atoms with Crippen LogP contribution in [-0.2, 0) is 4.79 Å². The molecule has 156 valence electrons. The molecule has 8 heteroatoms. The van der Waals surface area contributed by atoms with Gasteiger partial charge in [0.1, 0.15) is 5.75 Å². The Morgan fingerprint density at radius 1 is 1.10 bits per heavy atom. The molecule has 1 heterocycles. The maximum Gasteiger partial charge on any atom is 0.253 e. The van der Waals surface area contributed by atoms with Gasteiger partial charge in [-0.15, -0.1) is 0 Å². The van der Waals surface area contributed by atoms with E-state index in [2.05, 4.69) is 10.5 Å². The molecule has 1 aliphatic rings. The molecule has 8 nitrogen and oxygen atoms in total. The highest BCUT2D eigenvalue weighted by atomic mass is 16.5. The van der Waals surface area contributed by atoms with Crippen molar-refractivity contribution in [3.63, 3.8) is 0 Å². The average Bonchev–Trinajstić information content (AvgIpc) is 2.79. The van der Waals surface area contributed by atoms with E-state index in [0.717, 1.165) is 0 Å². The largest absolute Gasteiger partial charge is 0.545 e. The number of benzene rings is 2. The number of carbonyl (C=O) groups excluding carboxylic acids is 3. The summed E-state index contributed by atoms with van der Waals surface area (Å²) in [5.74, 6) is -1.13. The summed E-state index contributed by atoms with van der Waals surface area (Å²) in [5.41, 5.74) is 3.80. The summed E-state index contributed by atoms with van der Waals surface area (Å²) < 4.78 is 5.16. The fraction of sp³-hybridized carbons (Fsp3) is 0.273. The highest BCUT2D eigenvalue weighted by Crippen LogP contribution is 2.21. The van der Waals surface area contributed by atoms with E-state index in [1.807, 2.05) is 0 Å². The van der Waals surface area contributed by atoms with Crippen LogP contribution in [0.2, 0.25) is 0 Å². The highest BCUT2D eigenvalue weighted by Gasteiger charge is 2.27. The number of aromatic carboxylic acids is 1. The van der Waals surface area contributed by atoms with Crippen LogP contribution in [0.1, 0.15) is 39.1 Å². The van der Waals surface area contributed by atoms with Crippen molar-refractivity contribution >= 4 is 24.0 Å². The molecule has 1 fully saturated rings. The van der Waals surface area contributed by atoms with E-state index in [-0.39, 0.29) is 23.3 Å². The number of hydrogen-bond acceptors (Lipinski definition) is 6. The standard InChI is InChI=1S/C22H23N3O5/c1-30-19-4-2-3-18(13-19)21(27)25-11-9-16(10-12-25)20(26)24-23-14-15-5-7-17(8-6-15)22(28)29/h2-8,13-14,16H,9-12H2,1H3,(H,24,26)(H,28,29)/p-1/b23-14-. The normalized spacial score (nSPS) is 14.5. The van der Waals surface area contributed by atoms with Crippen molar-refractivity contribution in [1.29, 1.82) is 0 Å². The summed E-state index contributed by atoms with van der Waals surface area (Å²) in [6.07, 6.45) is 2.55. The number of carboxylic acid groups (broad SMARTS) is 1. The third-order valence-electron chi connectivity index (χ3n) is 5.00. The van der Waals surface area contributed by atoms with Gasteiger partial charge in [0.15, 0.2) is 0 Å². The van der Waals surface area contributed by atoms with Crippen molar-refractivity contribution in [3.8, 4) is 5.75 Å². The van der Waals surface area contributed by atoms with Gasteiger partial charge in [-0.1, -0.05) is 30.3 Å². The van der Waals surface area contributed by atoms with Crippen LogP contribution < -0.4 is 15.3 Å². The first-order valence-electron chi connectivity index (χ1n) is 9.55. The third-order valence-corrected chi connectivity index (χ3v) is 5.00. The number of hydrazone groups is 1. The van der Waals surface area contributed by atoms with E-state index in [0.29, 0.717) is 42.8 Å². The van der Waals surface area contributed by atoms with E-state index >= 15 is 0 Å². The molecule has 2 aromatic rings. The quantitative estimate of drug-likeness (QED) is 0.568. The molecule has 0 radical (unpaired) electrons. The SMILES string of the molecule is COc1cccc(C(=O)N2CCC(C(=O)N/N=C\c3ccc(C(=O)[O-])cc3)CC2)c1. The first-order chi connectivity index (χ1) is 14.5. The number of piperidine rings is 1. The fourth-order valence-corrected chi connectivity index (χ4v) is 3.25. The number of nitrogens with zero attached hydrogens (tertiary/aromatic N) is 2. The minimum absolute atomic E-state index is 0.0754. The van der Waals surface area contributed by atoms with Crippen molar-refractivity contribution in [2.75, 3.05) is 20.2 Å². The van der Waals surface area contributed by atoms with Crippen molar-refractivity contribution in [3.05, 3.63) is 65.2 Å². The van der Waals surface area contributed by atoms with Gasteiger partial charge >= 0.3 is 0 Å². The summed E-state index contributed by atoms with van der Waals surface area (Å²) in [4.78, 5) is 37.4.